The van der Waals surface area contributed by atoms with E-state index >= 15 is 0 Å². The number of hydrazine groups is 1. The summed E-state index contributed by atoms with van der Waals surface area (Å²) in [6, 6.07) is 19.0. The van der Waals surface area contributed by atoms with E-state index in [9.17, 15) is 4.79 Å². The van der Waals surface area contributed by atoms with Crippen LogP contribution < -0.4 is 11.3 Å². The van der Waals surface area contributed by atoms with Crippen molar-refractivity contribution in [1.82, 2.24) is 10.4 Å². The summed E-state index contributed by atoms with van der Waals surface area (Å²) in [5.74, 6) is 4.90. The van der Waals surface area contributed by atoms with Gasteiger partial charge in [0.15, 0.2) is 0 Å². The molecular formula is C16H13N3O. The number of hydrogen-bond donors (Lipinski definition) is 2. The number of carbonyl (C=O) groups is 1. The molecule has 0 aliphatic heterocycles. The lowest BCUT2D eigenvalue weighted by molar-refractivity contribution is 0.0954. The van der Waals surface area contributed by atoms with Crippen molar-refractivity contribution in [2.75, 3.05) is 0 Å². The molecule has 4 heteroatoms. The quantitative estimate of drug-likeness (QED) is 0.424. The molecule has 0 saturated carbocycles. The van der Waals surface area contributed by atoms with Crippen molar-refractivity contribution < 1.29 is 4.79 Å². The maximum absolute atomic E-state index is 11.8. The lowest BCUT2D eigenvalue weighted by Gasteiger charge is -2.08. The number of nitrogens with zero attached hydrogens (tertiary/aromatic N) is 1. The molecule has 0 radical (unpaired) electrons. The van der Waals surface area contributed by atoms with Gasteiger partial charge in [0.1, 0.15) is 0 Å². The van der Waals surface area contributed by atoms with Crippen LogP contribution in [0.25, 0.3) is 22.2 Å². The topological polar surface area (TPSA) is 68.0 Å². The van der Waals surface area contributed by atoms with E-state index in [1.807, 2.05) is 48.5 Å². The number of benzene rings is 2. The first-order valence-electron chi connectivity index (χ1n) is 6.26. The second kappa shape index (κ2) is 5.11. The van der Waals surface area contributed by atoms with Gasteiger partial charge in [0.05, 0.1) is 16.8 Å². The third-order valence-corrected chi connectivity index (χ3v) is 3.18. The van der Waals surface area contributed by atoms with Crippen LogP contribution in [-0.4, -0.2) is 10.9 Å². The van der Waals surface area contributed by atoms with Gasteiger partial charge in [-0.1, -0.05) is 42.5 Å². The molecular weight excluding hydrogens is 250 g/mol. The van der Waals surface area contributed by atoms with Crippen molar-refractivity contribution in [3.05, 3.63) is 66.2 Å². The smallest absolute Gasteiger partial charge is 0.265 e. The summed E-state index contributed by atoms with van der Waals surface area (Å²) >= 11 is 0. The Kier molecular flexibility index (Phi) is 3.15. The second-order valence-corrected chi connectivity index (χ2v) is 4.41. The molecule has 4 nitrogen and oxygen atoms in total. The second-order valence-electron chi connectivity index (χ2n) is 4.41. The zero-order valence-corrected chi connectivity index (χ0v) is 10.7. The van der Waals surface area contributed by atoms with Crippen molar-refractivity contribution in [3.8, 4) is 11.3 Å². The zero-order valence-electron chi connectivity index (χ0n) is 10.7. The number of hydrogen-bond acceptors (Lipinski definition) is 3. The van der Waals surface area contributed by atoms with Gasteiger partial charge in [0, 0.05) is 10.9 Å². The van der Waals surface area contributed by atoms with E-state index in [1.165, 1.54) is 0 Å². The number of nitrogen functional groups attached to an aromatic ring is 1. The Morgan fingerprint density at radius 1 is 0.950 bits per heavy atom. The van der Waals surface area contributed by atoms with E-state index in [2.05, 4.69) is 10.4 Å². The number of fused-ring (bicyclic) bond motifs is 1. The van der Waals surface area contributed by atoms with Crippen molar-refractivity contribution in [2.24, 2.45) is 5.84 Å². The Morgan fingerprint density at radius 3 is 2.55 bits per heavy atom. The predicted molar refractivity (Wildman–Crippen MR) is 78.8 cm³/mol. The van der Waals surface area contributed by atoms with Gasteiger partial charge in [-0.2, -0.15) is 0 Å². The standard InChI is InChI=1S/C16H13N3O/c17-19-16(20)13-7-3-2-6-12(13)15-10-9-11-5-1-4-8-14(11)18-15/h1-10H,17H2,(H,19,20). The molecule has 3 N–H and O–H groups in total. The van der Waals surface area contributed by atoms with Crippen LogP contribution >= 0.6 is 0 Å². The summed E-state index contributed by atoms with van der Waals surface area (Å²) in [4.78, 5) is 16.4. The summed E-state index contributed by atoms with van der Waals surface area (Å²) in [6.45, 7) is 0. The van der Waals surface area contributed by atoms with Crippen LogP contribution in [0.5, 0.6) is 0 Å². The molecule has 98 valence electrons. The van der Waals surface area contributed by atoms with Gasteiger partial charge in [-0.3, -0.25) is 10.2 Å². The fourth-order valence-electron chi connectivity index (χ4n) is 2.20. The largest absolute Gasteiger partial charge is 0.290 e. The summed E-state index contributed by atoms with van der Waals surface area (Å²) in [7, 11) is 0. The average Bonchev–Trinajstić information content (AvgIpc) is 2.53. The van der Waals surface area contributed by atoms with E-state index in [-0.39, 0.29) is 5.91 Å². The molecule has 0 aliphatic rings. The minimum atomic E-state index is -0.324. The molecule has 0 bridgehead atoms. The predicted octanol–water partition coefficient (Wildman–Crippen LogP) is 2.51. The Hall–Kier alpha value is -2.72. The number of nitrogens with two attached hydrogens (primary N) is 1. The van der Waals surface area contributed by atoms with Crippen molar-refractivity contribution in [3.63, 3.8) is 0 Å². The number of aromatic nitrogens is 1. The molecule has 1 aromatic heterocycles. The highest BCUT2D eigenvalue weighted by atomic mass is 16.2. The number of para-hydroxylation sites is 1. The van der Waals surface area contributed by atoms with Crippen LogP contribution in [0.1, 0.15) is 10.4 Å². The van der Waals surface area contributed by atoms with Crippen LogP contribution in [0.2, 0.25) is 0 Å². The third-order valence-electron chi connectivity index (χ3n) is 3.18. The molecule has 0 atom stereocenters. The van der Waals surface area contributed by atoms with E-state index < -0.39 is 0 Å². The van der Waals surface area contributed by atoms with Gasteiger partial charge in [-0.15, -0.1) is 0 Å². The van der Waals surface area contributed by atoms with Gasteiger partial charge in [-0.05, 0) is 18.2 Å². The van der Waals surface area contributed by atoms with Crippen LogP contribution in [0.4, 0.5) is 0 Å². The third kappa shape index (κ3) is 2.13. The number of amides is 1. The molecule has 0 saturated heterocycles. The Bertz CT molecular complexity index is 783. The number of pyridine rings is 1. The first-order valence-corrected chi connectivity index (χ1v) is 6.26. The van der Waals surface area contributed by atoms with Gasteiger partial charge in [0.2, 0.25) is 0 Å². The summed E-state index contributed by atoms with van der Waals surface area (Å²) in [5.41, 5.74) is 5.09. The lowest BCUT2D eigenvalue weighted by Crippen LogP contribution is -2.30. The SMILES string of the molecule is NNC(=O)c1ccccc1-c1ccc2ccccc2n1. The van der Waals surface area contributed by atoms with Crippen molar-refractivity contribution in [2.45, 2.75) is 0 Å². The fourth-order valence-corrected chi connectivity index (χ4v) is 2.20. The molecule has 1 amide bonds. The maximum atomic E-state index is 11.8. The first kappa shape index (κ1) is 12.3. The van der Waals surface area contributed by atoms with Crippen LogP contribution in [0, 0.1) is 0 Å². The number of carbonyl (C=O) groups excluding carboxylic acids is 1. The molecule has 0 spiro atoms. The monoisotopic (exact) mass is 263 g/mol. The molecule has 0 aliphatic carbocycles. The molecule has 20 heavy (non-hydrogen) atoms. The molecule has 1 heterocycles. The van der Waals surface area contributed by atoms with Gasteiger partial charge >= 0.3 is 0 Å². The number of nitrogens with one attached hydrogen (secondary N) is 1. The molecule has 0 fully saturated rings. The van der Waals surface area contributed by atoms with Crippen LogP contribution in [0.3, 0.4) is 0 Å². The zero-order chi connectivity index (χ0) is 13.9. The summed E-state index contributed by atoms with van der Waals surface area (Å²) < 4.78 is 0. The van der Waals surface area contributed by atoms with E-state index in [0.717, 1.165) is 22.2 Å². The van der Waals surface area contributed by atoms with Crippen molar-refractivity contribution in [1.29, 1.82) is 0 Å². The van der Waals surface area contributed by atoms with Crippen LogP contribution in [-0.2, 0) is 0 Å². The van der Waals surface area contributed by atoms with Gasteiger partial charge < -0.3 is 0 Å². The molecule has 3 aromatic rings. The molecule has 0 unspecified atom stereocenters. The van der Waals surface area contributed by atoms with Gasteiger partial charge in [-0.25, -0.2) is 10.8 Å². The Balaban J connectivity index is 2.18. The van der Waals surface area contributed by atoms with Crippen molar-refractivity contribution >= 4 is 16.8 Å². The minimum absolute atomic E-state index is 0.324. The van der Waals surface area contributed by atoms with E-state index in [4.69, 9.17) is 5.84 Å². The molecule has 2 aromatic carbocycles. The summed E-state index contributed by atoms with van der Waals surface area (Å²) in [5, 5.41) is 1.07. The number of rotatable bonds is 2. The minimum Gasteiger partial charge on any atom is -0.290 e. The molecule has 3 rings (SSSR count). The van der Waals surface area contributed by atoms with E-state index in [1.54, 1.807) is 12.1 Å². The van der Waals surface area contributed by atoms with E-state index in [0.29, 0.717) is 5.56 Å². The highest BCUT2D eigenvalue weighted by Gasteiger charge is 2.12. The highest BCUT2D eigenvalue weighted by Crippen LogP contribution is 2.24. The van der Waals surface area contributed by atoms with Gasteiger partial charge in [0.25, 0.3) is 5.91 Å². The highest BCUT2D eigenvalue weighted by molar-refractivity contribution is 6.00. The fraction of sp³-hybridized carbons (Fsp3) is 0. The maximum Gasteiger partial charge on any atom is 0.265 e. The van der Waals surface area contributed by atoms with Crippen LogP contribution in [0.15, 0.2) is 60.7 Å². The summed E-state index contributed by atoms with van der Waals surface area (Å²) in [6.07, 6.45) is 0. The average molecular weight is 263 g/mol. The Morgan fingerprint density at radius 2 is 1.70 bits per heavy atom. The normalized spacial score (nSPS) is 10.4. The first-order chi connectivity index (χ1) is 9.79. The lowest BCUT2D eigenvalue weighted by atomic mass is 10.0. The Labute approximate surface area is 116 Å².